The van der Waals surface area contributed by atoms with Crippen molar-refractivity contribution < 1.29 is 14.3 Å². The van der Waals surface area contributed by atoms with Crippen molar-refractivity contribution in [3.8, 4) is 5.75 Å². The molecule has 3 aromatic rings. The molecule has 1 saturated heterocycles. The lowest BCUT2D eigenvalue weighted by Crippen LogP contribution is -2.54. The third kappa shape index (κ3) is 5.52. The Labute approximate surface area is 238 Å². The summed E-state index contributed by atoms with van der Waals surface area (Å²) in [6.45, 7) is 2.34. The topological polar surface area (TPSA) is 58.6 Å². The van der Waals surface area contributed by atoms with Gasteiger partial charge in [-0.2, -0.15) is 0 Å². The molecule has 4 rings (SSSR count). The van der Waals surface area contributed by atoms with E-state index in [0.29, 0.717) is 12.3 Å². The van der Waals surface area contributed by atoms with Crippen LogP contribution in [-0.4, -0.2) is 16.9 Å². The maximum atomic E-state index is 13.4. The summed E-state index contributed by atoms with van der Waals surface area (Å²) >= 11 is 13.2. The molecule has 1 N–H and O–H groups in total. The molecule has 9 heteroatoms. The van der Waals surface area contributed by atoms with Crippen molar-refractivity contribution in [2.45, 2.75) is 13.5 Å². The lowest BCUT2D eigenvalue weighted by atomic mass is 10.1. The first-order valence-corrected chi connectivity index (χ1v) is 13.4. The lowest BCUT2D eigenvalue weighted by Gasteiger charge is -2.30. The highest BCUT2D eigenvalue weighted by Gasteiger charge is 2.35. The fourth-order valence-corrected chi connectivity index (χ4v) is 6.32. The minimum atomic E-state index is -0.518. The summed E-state index contributed by atoms with van der Waals surface area (Å²) in [5, 5.41) is 2.70. The Kier molecular flexibility index (Phi) is 8.05. The molecule has 5 nitrogen and oxygen atoms in total. The molecule has 0 saturated carbocycles. The molecule has 1 aliphatic heterocycles. The third-order valence-corrected chi connectivity index (χ3v) is 7.44. The van der Waals surface area contributed by atoms with E-state index >= 15 is 0 Å². The predicted molar refractivity (Wildman–Crippen MR) is 158 cm³/mol. The molecule has 1 heterocycles. The Bertz CT molecular complexity index is 1320. The number of thiocarbonyl (C=S) groups is 1. The summed E-state index contributed by atoms with van der Waals surface area (Å²) in [7, 11) is 0. The molecule has 1 aliphatic rings. The van der Waals surface area contributed by atoms with E-state index in [1.165, 1.54) is 4.90 Å². The summed E-state index contributed by atoms with van der Waals surface area (Å²) in [6.07, 6.45) is 1.59. The zero-order valence-electron chi connectivity index (χ0n) is 17.8. The second-order valence-electron chi connectivity index (χ2n) is 7.48. The second kappa shape index (κ2) is 10.8. The molecule has 0 radical (unpaired) electrons. The van der Waals surface area contributed by atoms with Gasteiger partial charge in [0.25, 0.3) is 11.8 Å². The van der Waals surface area contributed by atoms with Crippen LogP contribution in [0.5, 0.6) is 5.75 Å². The Balaban J connectivity index is 1.63. The first kappa shape index (κ1) is 25.3. The average molecular weight is 759 g/mol. The van der Waals surface area contributed by atoms with Crippen LogP contribution in [0.3, 0.4) is 0 Å². The van der Waals surface area contributed by atoms with Gasteiger partial charge in [-0.25, -0.2) is 0 Å². The quantitative estimate of drug-likeness (QED) is 0.142. The monoisotopic (exact) mass is 758 g/mol. The summed E-state index contributed by atoms with van der Waals surface area (Å²) in [5.74, 6) is -0.219. The largest absolute Gasteiger partial charge is 0.487 e. The highest BCUT2D eigenvalue weighted by molar-refractivity contribution is 14.1. The number of rotatable bonds is 5. The smallest absolute Gasteiger partial charge is 0.270 e. The zero-order chi connectivity index (χ0) is 24.4. The Morgan fingerprint density at radius 1 is 1.06 bits per heavy atom. The van der Waals surface area contributed by atoms with E-state index in [0.717, 1.165) is 34.1 Å². The molecule has 172 valence electrons. The molecule has 0 aliphatic carbocycles. The van der Waals surface area contributed by atoms with E-state index in [-0.39, 0.29) is 10.7 Å². The van der Waals surface area contributed by atoms with Gasteiger partial charge in [-0.3, -0.25) is 19.8 Å². The molecule has 0 bridgehead atoms. The van der Waals surface area contributed by atoms with Crippen LogP contribution in [0.1, 0.15) is 16.7 Å². The van der Waals surface area contributed by atoms with E-state index in [4.69, 9.17) is 17.0 Å². The molecule has 1 fully saturated rings. The number of anilines is 1. The number of amides is 2. The minimum absolute atomic E-state index is 0.0143. The van der Waals surface area contributed by atoms with Gasteiger partial charge in [0.15, 0.2) is 5.11 Å². The van der Waals surface area contributed by atoms with Crippen LogP contribution < -0.4 is 15.0 Å². The zero-order valence-corrected chi connectivity index (χ0v) is 24.5. The van der Waals surface area contributed by atoms with Gasteiger partial charge in [-0.1, -0.05) is 46.3 Å². The van der Waals surface area contributed by atoms with Crippen LogP contribution in [0.15, 0.2) is 70.7 Å². The van der Waals surface area contributed by atoms with Crippen LogP contribution in [0.2, 0.25) is 0 Å². The minimum Gasteiger partial charge on any atom is -0.487 e. The van der Waals surface area contributed by atoms with Crippen molar-refractivity contribution in [3.63, 3.8) is 0 Å². The second-order valence-corrected chi connectivity index (χ2v) is 11.1. The molecular formula is C25H17BrI2N2O3S. The Morgan fingerprint density at radius 3 is 2.38 bits per heavy atom. The Morgan fingerprint density at radius 2 is 1.74 bits per heavy atom. The van der Waals surface area contributed by atoms with Gasteiger partial charge in [-0.15, -0.1) is 0 Å². The average Bonchev–Trinajstić information content (AvgIpc) is 2.78. The van der Waals surface area contributed by atoms with Crippen LogP contribution in [0, 0.1) is 14.1 Å². The van der Waals surface area contributed by atoms with E-state index in [9.17, 15) is 9.59 Å². The van der Waals surface area contributed by atoms with E-state index in [1.807, 2.05) is 61.5 Å². The SMILES string of the molecule is Cc1cc(Br)ccc1N1C(=O)/C(=C/c2cc(I)c(OCc3ccccc3)c(I)c2)C(=O)NC1=S. The van der Waals surface area contributed by atoms with Crippen molar-refractivity contribution in [2.24, 2.45) is 0 Å². The molecule has 0 atom stereocenters. The fourth-order valence-electron chi connectivity index (χ4n) is 3.44. The summed E-state index contributed by atoms with van der Waals surface area (Å²) in [6, 6.07) is 19.2. The van der Waals surface area contributed by atoms with Crippen LogP contribution >= 0.6 is 73.3 Å². The van der Waals surface area contributed by atoms with Crippen molar-refractivity contribution in [3.05, 3.63) is 94.5 Å². The number of benzene rings is 3. The number of hydrogen-bond donors (Lipinski definition) is 1. The van der Waals surface area contributed by atoms with Crippen molar-refractivity contribution in [2.75, 3.05) is 4.90 Å². The molecule has 3 aromatic carbocycles. The van der Waals surface area contributed by atoms with Crippen molar-refractivity contribution >= 4 is 102 Å². The number of carbonyl (C=O) groups is 2. The number of ether oxygens (including phenoxy) is 1. The molecule has 34 heavy (non-hydrogen) atoms. The summed E-state index contributed by atoms with van der Waals surface area (Å²) < 4.78 is 8.70. The standard InChI is InChI=1S/C25H17BrI2N2O3S/c1-14-9-17(26)7-8-21(14)30-24(32)18(23(31)29-25(30)34)10-16-11-19(27)22(20(28)12-16)33-13-15-5-3-2-4-6-15/h2-12H,13H2,1H3,(H,29,31,34)/b18-10+. The fraction of sp³-hybridized carbons (Fsp3) is 0.0800. The molecular weight excluding hydrogens is 742 g/mol. The lowest BCUT2D eigenvalue weighted by molar-refractivity contribution is -0.122. The molecule has 0 aromatic heterocycles. The van der Waals surface area contributed by atoms with Gasteiger partial charge >= 0.3 is 0 Å². The number of nitrogens with one attached hydrogen (secondary N) is 1. The van der Waals surface area contributed by atoms with Gasteiger partial charge in [0, 0.05) is 4.47 Å². The summed E-state index contributed by atoms with van der Waals surface area (Å²) in [5.41, 5.74) is 3.28. The number of nitrogens with zero attached hydrogens (tertiary/aromatic N) is 1. The van der Waals surface area contributed by atoms with Gasteiger partial charge in [-0.05, 0) is 117 Å². The van der Waals surface area contributed by atoms with Crippen LogP contribution in [0.4, 0.5) is 5.69 Å². The van der Waals surface area contributed by atoms with E-state index in [1.54, 1.807) is 12.1 Å². The number of aryl methyl sites for hydroxylation is 1. The third-order valence-electron chi connectivity index (χ3n) is 5.06. The Hall–Kier alpha value is -1.83. The predicted octanol–water partition coefficient (Wildman–Crippen LogP) is 6.38. The number of carbonyl (C=O) groups excluding carboxylic acids is 2. The van der Waals surface area contributed by atoms with Gasteiger partial charge < -0.3 is 4.74 Å². The number of hydrogen-bond acceptors (Lipinski definition) is 4. The van der Waals surface area contributed by atoms with Crippen molar-refractivity contribution in [1.29, 1.82) is 0 Å². The maximum Gasteiger partial charge on any atom is 0.270 e. The highest BCUT2D eigenvalue weighted by atomic mass is 127. The number of halogens is 3. The summed E-state index contributed by atoms with van der Waals surface area (Å²) in [4.78, 5) is 27.4. The van der Waals surface area contributed by atoms with Gasteiger partial charge in [0.1, 0.15) is 17.9 Å². The van der Waals surface area contributed by atoms with Crippen LogP contribution in [0.25, 0.3) is 6.08 Å². The molecule has 2 amide bonds. The first-order valence-electron chi connectivity index (χ1n) is 10.1. The van der Waals surface area contributed by atoms with Crippen LogP contribution in [-0.2, 0) is 16.2 Å². The van der Waals surface area contributed by atoms with Gasteiger partial charge in [0.2, 0.25) is 0 Å². The van der Waals surface area contributed by atoms with Gasteiger partial charge in [0.05, 0.1) is 12.8 Å². The van der Waals surface area contributed by atoms with E-state index in [2.05, 4.69) is 66.4 Å². The van der Waals surface area contributed by atoms with Crippen molar-refractivity contribution in [1.82, 2.24) is 5.32 Å². The normalized spacial score (nSPS) is 15.0. The molecule has 0 unspecified atom stereocenters. The highest BCUT2D eigenvalue weighted by Crippen LogP contribution is 2.32. The maximum absolute atomic E-state index is 13.4. The molecule has 0 spiro atoms. The first-order chi connectivity index (χ1) is 16.2. The van der Waals surface area contributed by atoms with E-state index < -0.39 is 11.8 Å².